The Morgan fingerprint density at radius 2 is 1.78 bits per heavy atom. The number of piperazine rings is 1. The summed E-state index contributed by atoms with van der Waals surface area (Å²) in [7, 11) is 0. The highest BCUT2D eigenvalue weighted by Crippen LogP contribution is 2.18. The molecule has 0 N–H and O–H groups in total. The van der Waals surface area contributed by atoms with Crippen LogP contribution in [0.15, 0.2) is 49.1 Å². The average molecular weight is 362 g/mol. The van der Waals surface area contributed by atoms with Crippen molar-refractivity contribution in [2.24, 2.45) is 0 Å². The quantitative estimate of drug-likeness (QED) is 0.715. The summed E-state index contributed by atoms with van der Waals surface area (Å²) in [5, 5.41) is 4.21. The molecule has 1 aliphatic rings. The van der Waals surface area contributed by atoms with Crippen molar-refractivity contribution in [2.75, 3.05) is 31.1 Å². The van der Waals surface area contributed by atoms with Crippen molar-refractivity contribution in [3.05, 3.63) is 65.7 Å². The monoisotopic (exact) mass is 362 g/mol. The van der Waals surface area contributed by atoms with Gasteiger partial charge in [0, 0.05) is 50.2 Å². The minimum atomic E-state index is 0.104. The number of anilines is 1. The van der Waals surface area contributed by atoms with Crippen LogP contribution in [0.1, 0.15) is 21.5 Å². The van der Waals surface area contributed by atoms with Gasteiger partial charge in [0.1, 0.15) is 12.1 Å². The third-order valence-corrected chi connectivity index (χ3v) is 4.88. The van der Waals surface area contributed by atoms with Crippen LogP contribution in [0.2, 0.25) is 0 Å². The molecule has 2 aromatic heterocycles. The summed E-state index contributed by atoms with van der Waals surface area (Å²) in [5.74, 6) is 1.69. The Kier molecular flexibility index (Phi) is 4.58. The lowest BCUT2D eigenvalue weighted by atomic mass is 10.0. The first-order valence-electron chi connectivity index (χ1n) is 9.05. The van der Waals surface area contributed by atoms with Crippen molar-refractivity contribution in [3.8, 4) is 5.82 Å². The van der Waals surface area contributed by atoms with Crippen LogP contribution in [0.25, 0.3) is 5.82 Å². The summed E-state index contributed by atoms with van der Waals surface area (Å²) >= 11 is 0. The molecule has 27 heavy (non-hydrogen) atoms. The number of hydrogen-bond donors (Lipinski definition) is 0. The van der Waals surface area contributed by atoms with E-state index in [1.165, 1.54) is 5.56 Å². The molecule has 0 spiro atoms. The molecular formula is C20H22N6O. The van der Waals surface area contributed by atoms with Gasteiger partial charge in [0.25, 0.3) is 5.91 Å². The van der Waals surface area contributed by atoms with E-state index >= 15 is 0 Å². The molecular weight excluding hydrogens is 340 g/mol. The first kappa shape index (κ1) is 17.2. The fraction of sp³-hybridized carbons (Fsp3) is 0.300. The zero-order valence-electron chi connectivity index (χ0n) is 15.5. The van der Waals surface area contributed by atoms with Gasteiger partial charge in [-0.25, -0.2) is 14.6 Å². The predicted molar refractivity (Wildman–Crippen MR) is 103 cm³/mol. The van der Waals surface area contributed by atoms with E-state index in [1.807, 2.05) is 49.2 Å². The first-order chi connectivity index (χ1) is 13.1. The Labute approximate surface area is 158 Å². The average Bonchev–Trinajstić information content (AvgIpc) is 3.23. The minimum Gasteiger partial charge on any atom is -0.353 e. The zero-order chi connectivity index (χ0) is 18.8. The van der Waals surface area contributed by atoms with E-state index in [2.05, 4.69) is 26.0 Å². The maximum atomic E-state index is 12.9. The van der Waals surface area contributed by atoms with Gasteiger partial charge < -0.3 is 9.80 Å². The first-order valence-corrected chi connectivity index (χ1v) is 9.05. The van der Waals surface area contributed by atoms with E-state index in [1.54, 1.807) is 17.2 Å². The van der Waals surface area contributed by atoms with Crippen LogP contribution in [0.5, 0.6) is 0 Å². The van der Waals surface area contributed by atoms with Crippen molar-refractivity contribution in [3.63, 3.8) is 0 Å². The summed E-state index contributed by atoms with van der Waals surface area (Å²) in [4.78, 5) is 25.6. The van der Waals surface area contributed by atoms with Gasteiger partial charge >= 0.3 is 0 Å². The van der Waals surface area contributed by atoms with Crippen LogP contribution in [0, 0.1) is 13.8 Å². The van der Waals surface area contributed by atoms with Crippen molar-refractivity contribution in [1.82, 2.24) is 24.6 Å². The molecule has 0 aliphatic carbocycles. The van der Waals surface area contributed by atoms with Gasteiger partial charge in [-0.05, 0) is 31.5 Å². The number of amides is 1. The molecule has 1 saturated heterocycles. The Hall–Kier alpha value is -3.22. The van der Waals surface area contributed by atoms with Gasteiger partial charge in [-0.2, -0.15) is 5.10 Å². The molecule has 0 saturated carbocycles. The van der Waals surface area contributed by atoms with Crippen LogP contribution in [-0.4, -0.2) is 56.7 Å². The molecule has 0 unspecified atom stereocenters. The summed E-state index contributed by atoms with van der Waals surface area (Å²) in [6.07, 6.45) is 5.13. The molecule has 7 nitrogen and oxygen atoms in total. The highest BCUT2D eigenvalue weighted by atomic mass is 16.2. The smallest absolute Gasteiger partial charge is 0.254 e. The lowest BCUT2D eigenvalue weighted by molar-refractivity contribution is 0.0746. The molecule has 1 aliphatic heterocycles. The number of hydrogen-bond acceptors (Lipinski definition) is 5. The third kappa shape index (κ3) is 3.53. The van der Waals surface area contributed by atoms with Crippen LogP contribution in [0.4, 0.5) is 5.82 Å². The summed E-state index contributed by atoms with van der Waals surface area (Å²) < 4.78 is 1.71. The lowest BCUT2D eigenvalue weighted by Crippen LogP contribution is -2.49. The predicted octanol–water partition coefficient (Wildman–Crippen LogP) is 2.24. The molecule has 3 aromatic rings. The highest BCUT2D eigenvalue weighted by Gasteiger charge is 2.24. The second-order valence-corrected chi connectivity index (χ2v) is 6.78. The maximum absolute atomic E-state index is 12.9. The third-order valence-electron chi connectivity index (χ3n) is 4.88. The summed E-state index contributed by atoms with van der Waals surface area (Å²) in [6.45, 7) is 6.87. The molecule has 1 fully saturated rings. The van der Waals surface area contributed by atoms with Crippen LogP contribution in [0.3, 0.4) is 0 Å². The van der Waals surface area contributed by atoms with E-state index in [0.29, 0.717) is 13.1 Å². The van der Waals surface area contributed by atoms with Gasteiger partial charge in [-0.1, -0.05) is 17.7 Å². The van der Waals surface area contributed by atoms with Gasteiger partial charge in [-0.3, -0.25) is 4.79 Å². The number of aryl methyl sites for hydroxylation is 2. The molecule has 4 rings (SSSR count). The number of benzene rings is 1. The van der Waals surface area contributed by atoms with Crippen molar-refractivity contribution in [2.45, 2.75) is 13.8 Å². The second kappa shape index (κ2) is 7.19. The van der Waals surface area contributed by atoms with E-state index < -0.39 is 0 Å². The van der Waals surface area contributed by atoms with Gasteiger partial charge in [0.15, 0.2) is 5.82 Å². The van der Waals surface area contributed by atoms with Crippen molar-refractivity contribution in [1.29, 1.82) is 0 Å². The topological polar surface area (TPSA) is 67.2 Å². The Balaban J connectivity index is 1.45. The SMILES string of the molecule is Cc1ccc(C(=O)N2CCN(c3cc(-n4cccn4)ncn3)CC2)c(C)c1. The van der Waals surface area contributed by atoms with Gasteiger partial charge in [0.2, 0.25) is 0 Å². The standard InChI is InChI=1S/C20H22N6O/c1-15-4-5-17(16(2)12-15)20(27)25-10-8-24(9-11-25)18-13-19(22-14-21-18)26-7-3-6-23-26/h3-7,12-14H,8-11H2,1-2H3. The van der Waals surface area contributed by atoms with E-state index in [-0.39, 0.29) is 5.91 Å². The van der Waals surface area contributed by atoms with E-state index in [0.717, 1.165) is 35.9 Å². The zero-order valence-corrected chi connectivity index (χ0v) is 15.5. The Morgan fingerprint density at radius 1 is 1.00 bits per heavy atom. The number of carbonyl (C=O) groups excluding carboxylic acids is 1. The molecule has 3 heterocycles. The summed E-state index contributed by atoms with van der Waals surface area (Å²) in [6, 6.07) is 9.77. The van der Waals surface area contributed by atoms with Crippen molar-refractivity contribution >= 4 is 11.7 Å². The molecule has 1 aromatic carbocycles. The Morgan fingerprint density at radius 3 is 2.48 bits per heavy atom. The van der Waals surface area contributed by atoms with Crippen LogP contribution < -0.4 is 4.90 Å². The fourth-order valence-electron chi connectivity index (χ4n) is 3.40. The number of carbonyl (C=O) groups is 1. The molecule has 7 heteroatoms. The lowest BCUT2D eigenvalue weighted by Gasteiger charge is -2.35. The molecule has 0 atom stereocenters. The number of rotatable bonds is 3. The summed E-state index contributed by atoms with van der Waals surface area (Å²) in [5.41, 5.74) is 2.99. The molecule has 0 radical (unpaired) electrons. The minimum absolute atomic E-state index is 0.104. The Bertz CT molecular complexity index is 945. The van der Waals surface area contributed by atoms with Gasteiger partial charge in [-0.15, -0.1) is 0 Å². The number of aromatic nitrogens is 4. The van der Waals surface area contributed by atoms with Gasteiger partial charge in [0.05, 0.1) is 0 Å². The maximum Gasteiger partial charge on any atom is 0.254 e. The molecule has 1 amide bonds. The number of nitrogens with zero attached hydrogens (tertiary/aromatic N) is 6. The van der Waals surface area contributed by atoms with Crippen LogP contribution >= 0.6 is 0 Å². The van der Waals surface area contributed by atoms with Crippen LogP contribution in [-0.2, 0) is 0 Å². The van der Waals surface area contributed by atoms with Crippen molar-refractivity contribution < 1.29 is 4.79 Å². The largest absolute Gasteiger partial charge is 0.353 e. The molecule has 0 bridgehead atoms. The second-order valence-electron chi connectivity index (χ2n) is 6.78. The van der Waals surface area contributed by atoms with E-state index in [9.17, 15) is 4.79 Å². The fourth-order valence-corrected chi connectivity index (χ4v) is 3.40. The normalized spacial score (nSPS) is 14.4. The molecule has 138 valence electrons. The highest BCUT2D eigenvalue weighted by molar-refractivity contribution is 5.95. The van der Waals surface area contributed by atoms with E-state index in [4.69, 9.17) is 0 Å².